The number of benzene rings is 3. The molecule has 0 aromatic heterocycles. The third-order valence-electron chi connectivity index (χ3n) is 2.95. The van der Waals surface area contributed by atoms with Crippen LogP contribution in [0.25, 0.3) is 10.8 Å². The Kier molecular flexibility index (Phi) is 3.32. The standard InChI is InChI=1S/C16H11BrFNO/c17-16-14-4-2-1-3-10(14)5-6-15(16)20-13-8-11(18)7-12(19)9-13/h1-9H,19H2. The maximum Gasteiger partial charge on any atom is 0.142 e. The molecule has 2 nitrogen and oxygen atoms in total. The molecule has 3 aromatic rings. The molecule has 0 fully saturated rings. The molecule has 0 aliphatic heterocycles. The van der Waals surface area contributed by atoms with Gasteiger partial charge in [0.25, 0.3) is 0 Å². The summed E-state index contributed by atoms with van der Waals surface area (Å²) in [6.45, 7) is 0. The van der Waals surface area contributed by atoms with Crippen LogP contribution in [0.1, 0.15) is 0 Å². The van der Waals surface area contributed by atoms with Crippen molar-refractivity contribution in [1.29, 1.82) is 0 Å². The molecule has 0 unspecified atom stereocenters. The van der Waals surface area contributed by atoms with Gasteiger partial charge in [0.2, 0.25) is 0 Å². The molecule has 4 heteroatoms. The third kappa shape index (κ3) is 2.47. The fraction of sp³-hybridized carbons (Fsp3) is 0. The van der Waals surface area contributed by atoms with Gasteiger partial charge in [-0.3, -0.25) is 0 Å². The normalized spacial score (nSPS) is 10.7. The summed E-state index contributed by atoms with van der Waals surface area (Å²) in [5.74, 6) is 0.573. The van der Waals surface area contributed by atoms with Gasteiger partial charge in [-0.25, -0.2) is 4.39 Å². The topological polar surface area (TPSA) is 35.2 Å². The third-order valence-corrected chi connectivity index (χ3v) is 3.77. The van der Waals surface area contributed by atoms with E-state index in [0.29, 0.717) is 17.2 Å². The minimum absolute atomic E-state index is 0.330. The molecular formula is C16H11BrFNO. The zero-order valence-corrected chi connectivity index (χ0v) is 12.0. The summed E-state index contributed by atoms with van der Waals surface area (Å²) in [4.78, 5) is 0. The van der Waals surface area contributed by atoms with Crippen molar-refractivity contribution in [3.8, 4) is 11.5 Å². The molecule has 0 heterocycles. The van der Waals surface area contributed by atoms with Crippen molar-refractivity contribution >= 4 is 32.4 Å². The molecule has 0 atom stereocenters. The highest BCUT2D eigenvalue weighted by Crippen LogP contribution is 2.36. The van der Waals surface area contributed by atoms with Crippen molar-refractivity contribution < 1.29 is 9.13 Å². The van der Waals surface area contributed by atoms with Gasteiger partial charge in [0.1, 0.15) is 17.3 Å². The van der Waals surface area contributed by atoms with Gasteiger partial charge < -0.3 is 10.5 Å². The van der Waals surface area contributed by atoms with Gasteiger partial charge in [-0.1, -0.05) is 30.3 Å². The van der Waals surface area contributed by atoms with E-state index in [1.54, 1.807) is 6.07 Å². The average molecular weight is 332 g/mol. The first-order valence-electron chi connectivity index (χ1n) is 6.04. The monoisotopic (exact) mass is 331 g/mol. The number of rotatable bonds is 2. The Bertz CT molecular complexity index is 768. The highest BCUT2D eigenvalue weighted by Gasteiger charge is 2.08. The Morgan fingerprint density at radius 1 is 1.00 bits per heavy atom. The lowest BCUT2D eigenvalue weighted by atomic mass is 10.1. The molecule has 100 valence electrons. The van der Waals surface area contributed by atoms with Crippen LogP contribution in [-0.4, -0.2) is 0 Å². The SMILES string of the molecule is Nc1cc(F)cc(Oc2ccc3ccccc3c2Br)c1. The quantitative estimate of drug-likeness (QED) is 0.662. The van der Waals surface area contributed by atoms with Crippen molar-refractivity contribution in [3.63, 3.8) is 0 Å². The van der Waals surface area contributed by atoms with Crippen LogP contribution in [0.15, 0.2) is 59.1 Å². The zero-order valence-electron chi connectivity index (χ0n) is 10.4. The van der Waals surface area contributed by atoms with Gasteiger partial charge in [-0.2, -0.15) is 0 Å². The summed E-state index contributed by atoms with van der Waals surface area (Å²) in [6, 6.07) is 15.9. The Morgan fingerprint density at radius 2 is 1.80 bits per heavy atom. The second-order valence-corrected chi connectivity index (χ2v) is 5.21. The van der Waals surface area contributed by atoms with Crippen molar-refractivity contribution in [2.75, 3.05) is 5.73 Å². The Balaban J connectivity index is 2.04. The van der Waals surface area contributed by atoms with Crippen LogP contribution in [0.2, 0.25) is 0 Å². The van der Waals surface area contributed by atoms with E-state index >= 15 is 0 Å². The number of halogens is 2. The van der Waals surface area contributed by atoms with Gasteiger partial charge in [0.05, 0.1) is 4.47 Å². The Morgan fingerprint density at radius 3 is 2.60 bits per heavy atom. The van der Waals surface area contributed by atoms with Gasteiger partial charge in [-0.05, 0) is 38.8 Å². The molecule has 0 saturated carbocycles. The second-order valence-electron chi connectivity index (χ2n) is 4.42. The van der Waals surface area contributed by atoms with E-state index in [1.165, 1.54) is 12.1 Å². The lowest BCUT2D eigenvalue weighted by molar-refractivity contribution is 0.475. The van der Waals surface area contributed by atoms with E-state index in [9.17, 15) is 4.39 Å². The number of anilines is 1. The first kappa shape index (κ1) is 12.9. The molecule has 0 bridgehead atoms. The number of ether oxygens (including phenoxy) is 1. The molecule has 0 aliphatic carbocycles. The molecule has 3 rings (SSSR count). The van der Waals surface area contributed by atoms with Crippen LogP contribution < -0.4 is 10.5 Å². The van der Waals surface area contributed by atoms with Crippen LogP contribution in [0.5, 0.6) is 11.5 Å². The summed E-state index contributed by atoms with van der Waals surface area (Å²) in [5.41, 5.74) is 5.94. The van der Waals surface area contributed by atoms with Gasteiger partial charge in [0.15, 0.2) is 0 Å². The summed E-state index contributed by atoms with van der Waals surface area (Å²) in [5, 5.41) is 2.14. The predicted molar refractivity (Wildman–Crippen MR) is 82.5 cm³/mol. The maximum atomic E-state index is 13.3. The number of hydrogen-bond donors (Lipinski definition) is 1. The molecule has 0 saturated heterocycles. The van der Waals surface area contributed by atoms with E-state index in [2.05, 4.69) is 15.9 Å². The van der Waals surface area contributed by atoms with Crippen molar-refractivity contribution in [2.45, 2.75) is 0 Å². The highest BCUT2D eigenvalue weighted by molar-refractivity contribution is 9.10. The van der Waals surface area contributed by atoms with E-state index in [1.807, 2.05) is 36.4 Å². The van der Waals surface area contributed by atoms with E-state index < -0.39 is 5.82 Å². The molecular weight excluding hydrogens is 321 g/mol. The van der Waals surface area contributed by atoms with Crippen LogP contribution in [0.4, 0.5) is 10.1 Å². The minimum Gasteiger partial charge on any atom is -0.456 e. The zero-order chi connectivity index (χ0) is 14.1. The van der Waals surface area contributed by atoms with E-state index in [4.69, 9.17) is 10.5 Å². The van der Waals surface area contributed by atoms with Crippen LogP contribution >= 0.6 is 15.9 Å². The summed E-state index contributed by atoms with van der Waals surface area (Å²) < 4.78 is 19.9. The maximum absolute atomic E-state index is 13.3. The smallest absolute Gasteiger partial charge is 0.142 e. The molecule has 2 N–H and O–H groups in total. The van der Waals surface area contributed by atoms with Gasteiger partial charge in [0, 0.05) is 17.8 Å². The largest absolute Gasteiger partial charge is 0.456 e. The second kappa shape index (κ2) is 5.13. The number of nitrogen functional groups attached to an aromatic ring is 1. The van der Waals surface area contributed by atoms with Crippen molar-refractivity contribution in [1.82, 2.24) is 0 Å². The average Bonchev–Trinajstić information content (AvgIpc) is 2.41. The summed E-state index contributed by atoms with van der Waals surface area (Å²) in [6.07, 6.45) is 0. The summed E-state index contributed by atoms with van der Waals surface area (Å²) >= 11 is 3.53. The van der Waals surface area contributed by atoms with E-state index in [-0.39, 0.29) is 0 Å². The molecule has 0 amide bonds. The Hall–Kier alpha value is -2.07. The Labute approximate surface area is 124 Å². The number of fused-ring (bicyclic) bond motifs is 1. The van der Waals surface area contributed by atoms with Crippen molar-refractivity contribution in [3.05, 3.63) is 64.9 Å². The van der Waals surface area contributed by atoms with Crippen molar-refractivity contribution in [2.24, 2.45) is 0 Å². The van der Waals surface area contributed by atoms with Crippen LogP contribution in [0, 0.1) is 5.82 Å². The number of nitrogens with two attached hydrogens (primary N) is 1. The summed E-state index contributed by atoms with van der Waals surface area (Å²) in [7, 11) is 0. The molecule has 20 heavy (non-hydrogen) atoms. The molecule has 3 aromatic carbocycles. The number of hydrogen-bond acceptors (Lipinski definition) is 2. The molecule has 0 aliphatic rings. The molecule has 0 spiro atoms. The lowest BCUT2D eigenvalue weighted by Crippen LogP contribution is -1.91. The highest BCUT2D eigenvalue weighted by atomic mass is 79.9. The first-order chi connectivity index (χ1) is 9.63. The minimum atomic E-state index is -0.420. The first-order valence-corrected chi connectivity index (χ1v) is 6.84. The molecule has 0 radical (unpaired) electrons. The van der Waals surface area contributed by atoms with Crippen LogP contribution in [0.3, 0.4) is 0 Å². The van der Waals surface area contributed by atoms with Crippen LogP contribution in [-0.2, 0) is 0 Å². The predicted octanol–water partition coefficient (Wildman–Crippen LogP) is 5.12. The fourth-order valence-electron chi connectivity index (χ4n) is 2.06. The lowest BCUT2D eigenvalue weighted by Gasteiger charge is -2.10. The fourth-order valence-corrected chi connectivity index (χ4v) is 2.64. The van der Waals surface area contributed by atoms with Gasteiger partial charge >= 0.3 is 0 Å². The van der Waals surface area contributed by atoms with E-state index in [0.717, 1.165) is 15.2 Å². The van der Waals surface area contributed by atoms with Gasteiger partial charge in [-0.15, -0.1) is 0 Å².